The summed E-state index contributed by atoms with van der Waals surface area (Å²) in [4.78, 5) is 14.2. The van der Waals surface area contributed by atoms with Gasteiger partial charge in [0.25, 0.3) is 5.91 Å². The van der Waals surface area contributed by atoms with Gasteiger partial charge in [-0.2, -0.15) is 0 Å². The zero-order chi connectivity index (χ0) is 15.3. The predicted octanol–water partition coefficient (Wildman–Crippen LogP) is 2.28. The van der Waals surface area contributed by atoms with Crippen molar-refractivity contribution in [2.24, 2.45) is 5.41 Å². The smallest absolute Gasteiger partial charge is 0.251 e. The van der Waals surface area contributed by atoms with Crippen LogP contribution in [0.5, 0.6) is 0 Å². The van der Waals surface area contributed by atoms with Crippen molar-refractivity contribution < 1.29 is 9.90 Å². The van der Waals surface area contributed by atoms with Crippen LogP contribution in [0.25, 0.3) is 0 Å². The first-order valence-electron chi connectivity index (χ1n) is 6.92. The van der Waals surface area contributed by atoms with Crippen LogP contribution in [0.2, 0.25) is 0 Å². The Bertz CT molecular complexity index is 450. The molecule has 1 aromatic carbocycles. The van der Waals surface area contributed by atoms with Gasteiger partial charge in [-0.25, -0.2) is 0 Å². The van der Waals surface area contributed by atoms with Crippen molar-refractivity contribution in [3.05, 3.63) is 29.8 Å². The van der Waals surface area contributed by atoms with Gasteiger partial charge >= 0.3 is 0 Å². The zero-order valence-corrected chi connectivity index (χ0v) is 13.1. The average molecular weight is 278 g/mol. The lowest BCUT2D eigenvalue weighted by Gasteiger charge is -2.25. The van der Waals surface area contributed by atoms with Gasteiger partial charge in [0.05, 0.1) is 12.6 Å². The van der Waals surface area contributed by atoms with E-state index in [1.54, 1.807) is 6.07 Å². The molecular weight excluding hydrogens is 252 g/mol. The number of amides is 1. The number of aliphatic hydroxyl groups is 1. The van der Waals surface area contributed by atoms with Crippen LogP contribution in [0, 0.1) is 5.41 Å². The molecule has 0 aliphatic rings. The molecule has 2 N–H and O–H groups in total. The number of hydrogen-bond donors (Lipinski definition) is 2. The Morgan fingerprint density at radius 1 is 1.35 bits per heavy atom. The maximum atomic E-state index is 12.2. The van der Waals surface area contributed by atoms with Crippen LogP contribution in [0.4, 0.5) is 5.69 Å². The standard InChI is InChI=1S/C16H26N2O2/c1-16(2,3)10-13(11-19)17-15(20)12-7-6-8-14(9-12)18(4)5/h6-9,13,19H,10-11H2,1-5H3,(H,17,20). The van der Waals surface area contributed by atoms with Gasteiger partial charge in [0, 0.05) is 25.3 Å². The Balaban J connectivity index is 2.77. The van der Waals surface area contributed by atoms with Gasteiger partial charge in [-0.1, -0.05) is 26.8 Å². The lowest BCUT2D eigenvalue weighted by Crippen LogP contribution is -2.40. The molecule has 0 spiro atoms. The molecule has 0 saturated carbocycles. The molecule has 20 heavy (non-hydrogen) atoms. The van der Waals surface area contributed by atoms with Crippen molar-refractivity contribution in [3.8, 4) is 0 Å². The number of benzene rings is 1. The summed E-state index contributed by atoms with van der Waals surface area (Å²) >= 11 is 0. The third kappa shape index (κ3) is 5.21. The molecule has 4 nitrogen and oxygen atoms in total. The normalized spacial score (nSPS) is 12.9. The molecule has 4 heteroatoms. The quantitative estimate of drug-likeness (QED) is 0.869. The van der Waals surface area contributed by atoms with E-state index in [1.165, 1.54) is 0 Å². The molecule has 1 unspecified atom stereocenters. The van der Waals surface area contributed by atoms with Crippen LogP contribution in [0.3, 0.4) is 0 Å². The monoisotopic (exact) mass is 278 g/mol. The first-order chi connectivity index (χ1) is 9.23. The molecule has 0 fully saturated rings. The second-order valence-electron chi connectivity index (χ2n) is 6.56. The van der Waals surface area contributed by atoms with E-state index >= 15 is 0 Å². The number of nitrogens with one attached hydrogen (secondary N) is 1. The fourth-order valence-corrected chi connectivity index (χ4v) is 2.09. The van der Waals surface area contributed by atoms with E-state index in [-0.39, 0.29) is 24.0 Å². The summed E-state index contributed by atoms with van der Waals surface area (Å²) in [6, 6.07) is 7.23. The summed E-state index contributed by atoms with van der Waals surface area (Å²) in [7, 11) is 3.88. The Morgan fingerprint density at radius 3 is 2.50 bits per heavy atom. The van der Waals surface area contributed by atoms with Gasteiger partial charge in [0.1, 0.15) is 0 Å². The number of carbonyl (C=O) groups excluding carboxylic acids is 1. The fraction of sp³-hybridized carbons (Fsp3) is 0.562. The Kier molecular flexibility index (Phi) is 5.57. The maximum Gasteiger partial charge on any atom is 0.251 e. The molecule has 1 aromatic rings. The predicted molar refractivity (Wildman–Crippen MR) is 83.2 cm³/mol. The SMILES string of the molecule is CN(C)c1cccc(C(=O)NC(CO)CC(C)(C)C)c1. The van der Waals surface area contributed by atoms with Gasteiger partial charge < -0.3 is 15.3 Å². The van der Waals surface area contributed by atoms with Crippen molar-refractivity contribution in [2.45, 2.75) is 33.2 Å². The lowest BCUT2D eigenvalue weighted by atomic mass is 9.88. The minimum Gasteiger partial charge on any atom is -0.394 e. The number of aliphatic hydroxyl groups excluding tert-OH is 1. The highest BCUT2D eigenvalue weighted by atomic mass is 16.3. The topological polar surface area (TPSA) is 52.6 Å². The van der Waals surface area contributed by atoms with Gasteiger partial charge in [-0.15, -0.1) is 0 Å². The highest BCUT2D eigenvalue weighted by Crippen LogP contribution is 2.21. The van der Waals surface area contributed by atoms with Crippen molar-refractivity contribution in [1.82, 2.24) is 5.32 Å². The summed E-state index contributed by atoms with van der Waals surface area (Å²) in [5.41, 5.74) is 1.66. The number of anilines is 1. The van der Waals surface area contributed by atoms with Crippen molar-refractivity contribution >= 4 is 11.6 Å². The second kappa shape index (κ2) is 6.75. The number of rotatable bonds is 5. The second-order valence-corrected chi connectivity index (χ2v) is 6.56. The average Bonchev–Trinajstić information content (AvgIpc) is 2.36. The Labute approximate surface area is 121 Å². The molecule has 0 radical (unpaired) electrons. The summed E-state index contributed by atoms with van der Waals surface area (Å²) in [5, 5.41) is 12.3. The molecule has 0 aromatic heterocycles. The van der Waals surface area contributed by atoms with Crippen LogP contribution < -0.4 is 10.2 Å². The summed E-state index contributed by atoms with van der Waals surface area (Å²) < 4.78 is 0. The van der Waals surface area contributed by atoms with Crippen LogP contribution >= 0.6 is 0 Å². The van der Waals surface area contributed by atoms with Gasteiger partial charge in [-0.05, 0) is 30.0 Å². The van der Waals surface area contributed by atoms with Crippen molar-refractivity contribution in [3.63, 3.8) is 0 Å². The van der Waals surface area contributed by atoms with E-state index < -0.39 is 0 Å². The fourth-order valence-electron chi connectivity index (χ4n) is 2.09. The van der Waals surface area contributed by atoms with Gasteiger partial charge in [-0.3, -0.25) is 4.79 Å². The largest absolute Gasteiger partial charge is 0.394 e. The highest BCUT2D eigenvalue weighted by molar-refractivity contribution is 5.95. The Hall–Kier alpha value is -1.55. The summed E-state index contributed by atoms with van der Waals surface area (Å²) in [6.45, 7) is 6.23. The number of carbonyl (C=O) groups is 1. The molecule has 0 aliphatic heterocycles. The Morgan fingerprint density at radius 2 is 2.00 bits per heavy atom. The van der Waals surface area contributed by atoms with E-state index in [2.05, 4.69) is 26.1 Å². The van der Waals surface area contributed by atoms with E-state index in [1.807, 2.05) is 37.2 Å². The molecule has 1 amide bonds. The third-order valence-electron chi connectivity index (χ3n) is 3.04. The molecule has 0 saturated heterocycles. The molecular formula is C16H26N2O2. The molecule has 0 heterocycles. The minimum absolute atomic E-state index is 0.0453. The van der Waals surface area contributed by atoms with Crippen LogP contribution in [0.1, 0.15) is 37.6 Å². The van der Waals surface area contributed by atoms with Crippen LogP contribution in [0.15, 0.2) is 24.3 Å². The molecule has 1 rings (SSSR count). The van der Waals surface area contributed by atoms with E-state index in [0.29, 0.717) is 5.56 Å². The van der Waals surface area contributed by atoms with Crippen LogP contribution in [-0.4, -0.2) is 37.8 Å². The van der Waals surface area contributed by atoms with Crippen molar-refractivity contribution in [2.75, 3.05) is 25.6 Å². The van der Waals surface area contributed by atoms with Gasteiger partial charge in [0.2, 0.25) is 0 Å². The van der Waals surface area contributed by atoms with E-state index in [4.69, 9.17) is 0 Å². The minimum atomic E-state index is -0.217. The van der Waals surface area contributed by atoms with E-state index in [0.717, 1.165) is 12.1 Å². The highest BCUT2D eigenvalue weighted by Gasteiger charge is 2.20. The first-order valence-corrected chi connectivity index (χ1v) is 6.92. The zero-order valence-electron chi connectivity index (χ0n) is 13.1. The molecule has 0 aliphatic carbocycles. The van der Waals surface area contributed by atoms with Crippen molar-refractivity contribution in [1.29, 1.82) is 0 Å². The molecule has 1 atom stereocenters. The summed E-state index contributed by atoms with van der Waals surface area (Å²) in [6.07, 6.45) is 0.739. The van der Waals surface area contributed by atoms with Crippen LogP contribution in [-0.2, 0) is 0 Å². The molecule has 112 valence electrons. The first kappa shape index (κ1) is 16.5. The third-order valence-corrected chi connectivity index (χ3v) is 3.04. The van der Waals surface area contributed by atoms with Gasteiger partial charge in [0.15, 0.2) is 0 Å². The molecule has 0 bridgehead atoms. The lowest BCUT2D eigenvalue weighted by molar-refractivity contribution is 0.0897. The van der Waals surface area contributed by atoms with E-state index in [9.17, 15) is 9.90 Å². The number of nitrogens with zero attached hydrogens (tertiary/aromatic N) is 1. The summed E-state index contributed by atoms with van der Waals surface area (Å²) in [5.74, 6) is -0.142. The maximum absolute atomic E-state index is 12.2. The number of hydrogen-bond acceptors (Lipinski definition) is 3.